The van der Waals surface area contributed by atoms with Crippen molar-refractivity contribution in [1.82, 2.24) is 0 Å². The molecule has 0 saturated carbocycles. The van der Waals surface area contributed by atoms with Gasteiger partial charge < -0.3 is 5.11 Å². The highest BCUT2D eigenvalue weighted by atomic mass is 32.1. The Morgan fingerprint density at radius 1 is 1.03 bits per heavy atom. The van der Waals surface area contributed by atoms with Gasteiger partial charge in [-0.1, -0.05) is 74.9 Å². The van der Waals surface area contributed by atoms with Crippen LogP contribution in [0.5, 0.6) is 5.75 Å². The van der Waals surface area contributed by atoms with Crippen LogP contribution >= 0.6 is 11.3 Å². The van der Waals surface area contributed by atoms with E-state index in [2.05, 4.69) is 37.9 Å². The Morgan fingerprint density at radius 2 is 1.66 bits per heavy atom. The fourth-order valence-electron chi connectivity index (χ4n) is 3.04. The van der Waals surface area contributed by atoms with Gasteiger partial charge in [-0.15, -0.1) is 11.3 Å². The first-order valence-corrected chi connectivity index (χ1v) is 10.6. The van der Waals surface area contributed by atoms with E-state index in [-0.39, 0.29) is 23.5 Å². The van der Waals surface area contributed by atoms with Crippen molar-refractivity contribution >= 4 is 22.8 Å². The van der Waals surface area contributed by atoms with E-state index in [1.807, 2.05) is 55.6 Å². The number of benzene rings is 2. The van der Waals surface area contributed by atoms with Gasteiger partial charge in [0.15, 0.2) is 5.78 Å². The summed E-state index contributed by atoms with van der Waals surface area (Å²) in [6, 6.07) is 15.8. The second-order valence-corrected chi connectivity index (χ2v) is 9.22. The van der Waals surface area contributed by atoms with Crippen molar-refractivity contribution in [2.24, 2.45) is 4.99 Å². The summed E-state index contributed by atoms with van der Waals surface area (Å²) in [6.45, 7) is 10.4. The molecule has 0 spiro atoms. The molecule has 0 aliphatic rings. The number of aromatic hydroxyl groups is 1. The smallest absolute Gasteiger partial charge is 0.184 e. The van der Waals surface area contributed by atoms with Crippen LogP contribution in [0.15, 0.2) is 58.9 Å². The lowest BCUT2D eigenvalue weighted by atomic mass is 9.86. The fraction of sp³-hybridized carbons (Fsp3) is 0.280. The molecule has 2 aromatic carbocycles. The van der Waals surface area contributed by atoms with E-state index in [4.69, 9.17) is 0 Å². The maximum absolute atomic E-state index is 12.3. The first-order chi connectivity index (χ1) is 13.7. The Morgan fingerprint density at radius 3 is 2.24 bits per heavy atom. The molecular weight excluding hydrogens is 378 g/mol. The standard InChI is InChI=1S/C25H27NO2S/c1-16-6-8-18(9-7-16)22(27)14-26-17(2)21-15-29-24(23(21)28)19-10-12-20(13-11-19)25(3,4)5/h6-13,15,28H,14H2,1-5H3. The highest BCUT2D eigenvalue weighted by Crippen LogP contribution is 2.39. The van der Waals surface area contributed by atoms with E-state index in [9.17, 15) is 9.90 Å². The predicted octanol–water partition coefficient (Wildman–Crippen LogP) is 6.42. The molecule has 0 atom stereocenters. The first-order valence-electron chi connectivity index (χ1n) is 9.69. The van der Waals surface area contributed by atoms with Crippen LogP contribution in [0.1, 0.15) is 54.7 Å². The lowest BCUT2D eigenvalue weighted by Crippen LogP contribution is -2.10. The third-order valence-corrected chi connectivity index (χ3v) is 6.02. The average molecular weight is 406 g/mol. The lowest BCUT2D eigenvalue weighted by molar-refractivity contribution is 0.100. The molecule has 1 heterocycles. The number of aliphatic imine (C=N–C) groups is 1. The Labute approximate surface area is 176 Å². The minimum Gasteiger partial charge on any atom is -0.506 e. The van der Waals surface area contributed by atoms with Gasteiger partial charge in [0.25, 0.3) is 0 Å². The number of aryl methyl sites for hydroxylation is 1. The molecule has 0 aliphatic heterocycles. The summed E-state index contributed by atoms with van der Waals surface area (Å²) in [5.41, 5.74) is 5.45. The van der Waals surface area contributed by atoms with Crippen molar-refractivity contribution in [2.75, 3.05) is 6.54 Å². The zero-order chi connectivity index (χ0) is 21.2. The quantitative estimate of drug-likeness (QED) is 0.393. The molecule has 3 aromatic rings. The van der Waals surface area contributed by atoms with Gasteiger partial charge in [0, 0.05) is 22.2 Å². The zero-order valence-corrected chi connectivity index (χ0v) is 18.4. The van der Waals surface area contributed by atoms with Crippen LogP contribution in [0.3, 0.4) is 0 Å². The minimum absolute atomic E-state index is 0.0305. The van der Waals surface area contributed by atoms with E-state index in [1.54, 1.807) is 0 Å². The van der Waals surface area contributed by atoms with Crippen LogP contribution in [0, 0.1) is 6.92 Å². The number of ketones is 1. The molecule has 4 heteroatoms. The SMILES string of the molecule is CC(=NCC(=O)c1ccc(C)cc1)c1csc(-c2ccc(C(C)(C)C)cc2)c1O. The third-order valence-electron chi connectivity index (χ3n) is 5.00. The van der Waals surface area contributed by atoms with Crippen LogP contribution < -0.4 is 0 Å². The van der Waals surface area contributed by atoms with E-state index in [1.165, 1.54) is 16.9 Å². The van der Waals surface area contributed by atoms with Crippen molar-refractivity contribution < 1.29 is 9.90 Å². The maximum atomic E-state index is 12.3. The molecule has 29 heavy (non-hydrogen) atoms. The Hall–Kier alpha value is -2.72. The minimum atomic E-state index is -0.0305. The fourth-order valence-corrected chi connectivity index (χ4v) is 4.05. The van der Waals surface area contributed by atoms with Gasteiger partial charge in [-0.3, -0.25) is 9.79 Å². The second-order valence-electron chi connectivity index (χ2n) is 8.35. The molecule has 0 fully saturated rings. The Balaban J connectivity index is 1.78. The summed E-state index contributed by atoms with van der Waals surface area (Å²) in [5, 5.41) is 12.6. The van der Waals surface area contributed by atoms with Crippen molar-refractivity contribution in [2.45, 2.75) is 40.0 Å². The molecule has 0 unspecified atom stereocenters. The van der Waals surface area contributed by atoms with Gasteiger partial charge >= 0.3 is 0 Å². The van der Waals surface area contributed by atoms with E-state index >= 15 is 0 Å². The number of carbonyl (C=O) groups excluding carboxylic acids is 1. The summed E-state index contributed by atoms with van der Waals surface area (Å²) in [4.78, 5) is 17.6. The van der Waals surface area contributed by atoms with Crippen molar-refractivity contribution in [1.29, 1.82) is 0 Å². The number of hydrogen-bond acceptors (Lipinski definition) is 4. The topological polar surface area (TPSA) is 49.7 Å². The third kappa shape index (κ3) is 4.83. The predicted molar refractivity (Wildman–Crippen MR) is 123 cm³/mol. The molecule has 0 aliphatic carbocycles. The number of nitrogens with zero attached hydrogens (tertiary/aromatic N) is 1. The lowest BCUT2D eigenvalue weighted by Gasteiger charge is -2.19. The molecule has 3 rings (SSSR count). The zero-order valence-electron chi connectivity index (χ0n) is 17.6. The molecule has 0 bridgehead atoms. The van der Waals surface area contributed by atoms with Gasteiger partial charge in [-0.05, 0) is 30.4 Å². The number of carbonyl (C=O) groups is 1. The molecule has 1 N–H and O–H groups in total. The average Bonchev–Trinajstić information content (AvgIpc) is 3.07. The second kappa shape index (κ2) is 8.34. The molecule has 150 valence electrons. The summed E-state index contributed by atoms with van der Waals surface area (Å²) in [5.74, 6) is 0.194. The summed E-state index contributed by atoms with van der Waals surface area (Å²) in [6.07, 6.45) is 0. The summed E-state index contributed by atoms with van der Waals surface area (Å²) < 4.78 is 0. The van der Waals surface area contributed by atoms with Crippen molar-refractivity contribution in [3.05, 3.63) is 76.2 Å². The van der Waals surface area contributed by atoms with Crippen LogP contribution in [0.25, 0.3) is 10.4 Å². The Kier molecular flexibility index (Phi) is 6.04. The van der Waals surface area contributed by atoms with Crippen LogP contribution in [0.4, 0.5) is 0 Å². The van der Waals surface area contributed by atoms with Gasteiger partial charge in [0.05, 0.1) is 4.88 Å². The van der Waals surface area contributed by atoms with E-state index < -0.39 is 0 Å². The molecule has 0 radical (unpaired) electrons. The molecule has 0 saturated heterocycles. The van der Waals surface area contributed by atoms with Gasteiger partial charge in [-0.25, -0.2) is 0 Å². The van der Waals surface area contributed by atoms with Gasteiger partial charge in [-0.2, -0.15) is 0 Å². The molecular formula is C25H27NO2S. The van der Waals surface area contributed by atoms with Crippen LogP contribution in [0.2, 0.25) is 0 Å². The van der Waals surface area contributed by atoms with E-state index in [0.717, 1.165) is 16.0 Å². The summed E-state index contributed by atoms with van der Waals surface area (Å²) in [7, 11) is 0. The molecule has 3 nitrogen and oxygen atoms in total. The van der Waals surface area contributed by atoms with Gasteiger partial charge in [0.2, 0.25) is 0 Å². The molecule has 0 amide bonds. The van der Waals surface area contributed by atoms with E-state index in [0.29, 0.717) is 16.8 Å². The summed E-state index contributed by atoms with van der Waals surface area (Å²) >= 11 is 1.49. The number of hydrogen-bond donors (Lipinski definition) is 1. The van der Waals surface area contributed by atoms with Crippen LogP contribution in [-0.2, 0) is 5.41 Å². The highest BCUT2D eigenvalue weighted by molar-refractivity contribution is 7.14. The first kappa shape index (κ1) is 21.0. The molecule has 1 aromatic heterocycles. The normalized spacial score (nSPS) is 12.2. The van der Waals surface area contributed by atoms with Gasteiger partial charge in [0.1, 0.15) is 12.3 Å². The highest BCUT2D eigenvalue weighted by Gasteiger charge is 2.17. The number of thiophene rings is 1. The Bertz CT molecular complexity index is 1040. The number of Topliss-reactive ketones (excluding diaryl/α,β-unsaturated/α-hetero) is 1. The monoisotopic (exact) mass is 405 g/mol. The van der Waals surface area contributed by atoms with Crippen molar-refractivity contribution in [3.63, 3.8) is 0 Å². The maximum Gasteiger partial charge on any atom is 0.184 e. The van der Waals surface area contributed by atoms with Crippen LogP contribution in [-0.4, -0.2) is 23.1 Å². The van der Waals surface area contributed by atoms with Crippen molar-refractivity contribution in [3.8, 4) is 16.2 Å². The number of rotatable bonds is 5. The largest absolute Gasteiger partial charge is 0.506 e.